The molecule has 0 aliphatic carbocycles. The number of methoxy groups -OCH3 is 1. The fraction of sp³-hybridized carbons (Fsp3) is 0.111. The topological polar surface area (TPSA) is 39.4 Å². The molecule has 0 atom stereocenters. The van der Waals surface area contributed by atoms with Gasteiger partial charge in [0, 0.05) is 0 Å². The quantitative estimate of drug-likeness (QED) is 0.655. The van der Waals surface area contributed by atoms with Crippen LogP contribution in [0.4, 0.5) is 0 Å². The van der Waals surface area contributed by atoms with Crippen LogP contribution in [0.5, 0.6) is 5.75 Å². The molecule has 0 saturated carbocycles. The van der Waals surface area contributed by atoms with Gasteiger partial charge in [0.05, 0.1) is 16.8 Å². The molecule has 0 unspecified atom stereocenters. The minimum Gasteiger partial charge on any atom is -0.495 e. The van der Waals surface area contributed by atoms with Crippen molar-refractivity contribution in [2.45, 2.75) is 0 Å². The standard InChI is InChI=1S/C9H6ClN3OS/c1-14-6-3-2-5(10)8-7(6)13-4-11-12-9(13)15-8/h2-4H,1H3. The van der Waals surface area contributed by atoms with Crippen LogP contribution in [0.15, 0.2) is 18.5 Å². The van der Waals surface area contributed by atoms with Gasteiger partial charge in [0.1, 0.15) is 17.6 Å². The number of benzene rings is 1. The van der Waals surface area contributed by atoms with Gasteiger partial charge in [-0.1, -0.05) is 22.9 Å². The van der Waals surface area contributed by atoms with Crippen molar-refractivity contribution in [3.8, 4) is 5.75 Å². The highest BCUT2D eigenvalue weighted by molar-refractivity contribution is 7.24. The van der Waals surface area contributed by atoms with Gasteiger partial charge >= 0.3 is 0 Å². The molecule has 0 bridgehead atoms. The highest BCUT2D eigenvalue weighted by Crippen LogP contribution is 2.36. The number of fused-ring (bicyclic) bond motifs is 3. The summed E-state index contributed by atoms with van der Waals surface area (Å²) in [7, 11) is 1.64. The zero-order valence-electron chi connectivity index (χ0n) is 7.77. The Balaban J connectivity index is 2.59. The predicted molar refractivity (Wildman–Crippen MR) is 59.9 cm³/mol. The van der Waals surface area contributed by atoms with Crippen LogP contribution in [0.3, 0.4) is 0 Å². The molecular weight excluding hydrogens is 234 g/mol. The van der Waals surface area contributed by atoms with E-state index in [9.17, 15) is 0 Å². The summed E-state index contributed by atoms with van der Waals surface area (Å²) in [4.78, 5) is 0.816. The number of halogens is 1. The number of ether oxygens (including phenoxy) is 1. The molecule has 6 heteroatoms. The molecular formula is C9H6ClN3OS. The number of nitrogens with zero attached hydrogens (tertiary/aromatic N) is 3. The molecule has 0 fully saturated rings. The van der Waals surface area contributed by atoms with E-state index in [2.05, 4.69) is 10.2 Å². The van der Waals surface area contributed by atoms with Crippen LogP contribution in [0.2, 0.25) is 5.02 Å². The van der Waals surface area contributed by atoms with Crippen LogP contribution >= 0.6 is 22.9 Å². The SMILES string of the molecule is COc1ccc(Cl)c2sc3nncn3c12. The first-order chi connectivity index (χ1) is 7.31. The number of hydrogen-bond donors (Lipinski definition) is 0. The fourth-order valence-electron chi connectivity index (χ4n) is 1.56. The maximum Gasteiger partial charge on any atom is 0.217 e. The molecule has 4 nitrogen and oxygen atoms in total. The van der Waals surface area contributed by atoms with Crippen molar-refractivity contribution in [3.63, 3.8) is 0 Å². The minimum absolute atomic E-state index is 0.710. The van der Waals surface area contributed by atoms with Crippen molar-refractivity contribution < 1.29 is 4.74 Å². The molecule has 0 aliphatic heterocycles. The lowest BCUT2D eigenvalue weighted by Crippen LogP contribution is -1.87. The van der Waals surface area contributed by atoms with Crippen molar-refractivity contribution in [1.29, 1.82) is 0 Å². The van der Waals surface area contributed by atoms with Gasteiger partial charge in [-0.3, -0.25) is 4.40 Å². The lowest BCUT2D eigenvalue weighted by atomic mass is 10.3. The third-order valence-corrected chi connectivity index (χ3v) is 3.72. The van der Waals surface area contributed by atoms with Gasteiger partial charge in [0.2, 0.25) is 4.96 Å². The molecule has 3 rings (SSSR count). The Morgan fingerprint density at radius 1 is 1.47 bits per heavy atom. The first-order valence-electron chi connectivity index (χ1n) is 4.26. The fourth-order valence-corrected chi connectivity index (χ4v) is 2.79. The van der Waals surface area contributed by atoms with E-state index >= 15 is 0 Å². The van der Waals surface area contributed by atoms with E-state index in [0.717, 1.165) is 20.9 Å². The number of thiazole rings is 1. The van der Waals surface area contributed by atoms with Crippen molar-refractivity contribution in [2.24, 2.45) is 0 Å². The van der Waals surface area contributed by atoms with E-state index < -0.39 is 0 Å². The molecule has 0 spiro atoms. The molecule has 0 aliphatic rings. The predicted octanol–water partition coefficient (Wildman–Crippen LogP) is 2.61. The summed E-state index contributed by atoms with van der Waals surface area (Å²) in [5, 5.41) is 8.54. The molecule has 0 amide bonds. The van der Waals surface area contributed by atoms with Gasteiger partial charge in [-0.2, -0.15) is 0 Å². The van der Waals surface area contributed by atoms with Crippen molar-refractivity contribution >= 4 is 38.1 Å². The Hall–Kier alpha value is -1.33. The Kier molecular flexibility index (Phi) is 1.83. The first-order valence-corrected chi connectivity index (χ1v) is 5.45. The second-order valence-electron chi connectivity index (χ2n) is 3.01. The van der Waals surface area contributed by atoms with E-state index in [1.54, 1.807) is 13.4 Å². The number of aromatic nitrogens is 3. The van der Waals surface area contributed by atoms with E-state index in [1.807, 2.05) is 16.5 Å². The summed E-state index contributed by atoms with van der Waals surface area (Å²) >= 11 is 7.61. The maximum absolute atomic E-state index is 6.11. The average molecular weight is 240 g/mol. The second kappa shape index (κ2) is 3.08. The van der Waals surface area contributed by atoms with Gasteiger partial charge in [0.25, 0.3) is 0 Å². The molecule has 2 aromatic heterocycles. The van der Waals surface area contributed by atoms with Crippen LogP contribution in [0.25, 0.3) is 15.2 Å². The van der Waals surface area contributed by atoms with Crippen LogP contribution < -0.4 is 4.74 Å². The third kappa shape index (κ3) is 1.13. The number of rotatable bonds is 1. The zero-order valence-corrected chi connectivity index (χ0v) is 9.34. The highest BCUT2D eigenvalue weighted by atomic mass is 35.5. The van der Waals surface area contributed by atoms with E-state index in [4.69, 9.17) is 16.3 Å². The summed E-state index contributed by atoms with van der Waals surface area (Å²) < 4.78 is 8.14. The van der Waals surface area contributed by atoms with Crippen molar-refractivity contribution in [2.75, 3.05) is 7.11 Å². The normalized spacial score (nSPS) is 11.3. The Morgan fingerprint density at radius 2 is 2.33 bits per heavy atom. The summed E-state index contributed by atoms with van der Waals surface area (Å²) in [5.74, 6) is 0.778. The van der Waals surface area contributed by atoms with Gasteiger partial charge in [-0.25, -0.2) is 0 Å². The summed E-state index contributed by atoms with van der Waals surface area (Å²) in [6.07, 6.45) is 1.66. The van der Waals surface area contributed by atoms with Gasteiger partial charge in [-0.05, 0) is 12.1 Å². The molecule has 76 valence electrons. The lowest BCUT2D eigenvalue weighted by Gasteiger charge is -2.02. The van der Waals surface area contributed by atoms with E-state index in [0.29, 0.717) is 5.02 Å². The van der Waals surface area contributed by atoms with Crippen LogP contribution in [-0.4, -0.2) is 21.7 Å². The highest BCUT2D eigenvalue weighted by Gasteiger charge is 2.13. The average Bonchev–Trinajstić information content (AvgIpc) is 2.79. The Bertz CT molecular complexity index is 645. The van der Waals surface area contributed by atoms with E-state index in [-0.39, 0.29) is 0 Å². The molecule has 3 aromatic rings. The minimum atomic E-state index is 0.710. The maximum atomic E-state index is 6.11. The largest absolute Gasteiger partial charge is 0.495 e. The lowest BCUT2D eigenvalue weighted by molar-refractivity contribution is 0.418. The first kappa shape index (κ1) is 8.94. The second-order valence-corrected chi connectivity index (χ2v) is 4.40. The smallest absolute Gasteiger partial charge is 0.217 e. The zero-order chi connectivity index (χ0) is 10.4. The van der Waals surface area contributed by atoms with Crippen LogP contribution in [0, 0.1) is 0 Å². The Morgan fingerprint density at radius 3 is 3.13 bits per heavy atom. The van der Waals surface area contributed by atoms with Crippen LogP contribution in [0.1, 0.15) is 0 Å². The van der Waals surface area contributed by atoms with Crippen molar-refractivity contribution in [3.05, 3.63) is 23.5 Å². The third-order valence-electron chi connectivity index (χ3n) is 2.22. The molecule has 2 heterocycles. The molecule has 0 radical (unpaired) electrons. The monoisotopic (exact) mass is 239 g/mol. The molecule has 15 heavy (non-hydrogen) atoms. The van der Waals surface area contributed by atoms with Gasteiger partial charge in [-0.15, -0.1) is 10.2 Å². The number of hydrogen-bond acceptors (Lipinski definition) is 4. The van der Waals surface area contributed by atoms with Gasteiger partial charge in [0.15, 0.2) is 0 Å². The van der Waals surface area contributed by atoms with Gasteiger partial charge < -0.3 is 4.74 Å². The molecule has 1 aromatic carbocycles. The summed E-state index contributed by atoms with van der Waals surface area (Å²) in [5.41, 5.74) is 0.926. The van der Waals surface area contributed by atoms with Crippen molar-refractivity contribution in [1.82, 2.24) is 14.6 Å². The molecule has 0 saturated heterocycles. The Labute approximate surface area is 94.1 Å². The summed E-state index contributed by atoms with van der Waals surface area (Å²) in [6.45, 7) is 0. The molecule has 0 N–H and O–H groups in total. The van der Waals surface area contributed by atoms with Crippen LogP contribution in [-0.2, 0) is 0 Å². The van der Waals surface area contributed by atoms with E-state index in [1.165, 1.54) is 11.3 Å². The summed E-state index contributed by atoms with van der Waals surface area (Å²) in [6, 6.07) is 3.67.